The number of carbonyl (C=O) groups is 1. The van der Waals surface area contributed by atoms with Crippen LogP contribution in [0.3, 0.4) is 0 Å². The summed E-state index contributed by atoms with van der Waals surface area (Å²) in [6, 6.07) is 12.3. The average Bonchev–Trinajstić information content (AvgIpc) is 2.83. The quantitative estimate of drug-likeness (QED) is 0.240. The Morgan fingerprint density at radius 3 is 2.70 bits per heavy atom. The molecule has 0 bridgehead atoms. The first-order chi connectivity index (χ1) is 16.1. The summed E-state index contributed by atoms with van der Waals surface area (Å²) in [6.45, 7) is 0. The molecule has 1 fully saturated rings. The van der Waals surface area contributed by atoms with Crippen molar-refractivity contribution >= 4 is 23.2 Å². The number of hydrogen-bond donors (Lipinski definition) is 2. The first-order valence-corrected chi connectivity index (χ1v) is 11.5. The highest BCUT2D eigenvalue weighted by Gasteiger charge is 2.25. The van der Waals surface area contributed by atoms with Crippen LogP contribution in [0.15, 0.2) is 59.9 Å². The van der Waals surface area contributed by atoms with Gasteiger partial charge in [-0.3, -0.25) is 9.78 Å². The van der Waals surface area contributed by atoms with Crippen LogP contribution in [-0.4, -0.2) is 28.1 Å². The smallest absolute Gasteiger partial charge is 0.303 e. The van der Waals surface area contributed by atoms with E-state index >= 15 is 0 Å². The summed E-state index contributed by atoms with van der Waals surface area (Å²) in [5, 5.41) is 18.0. The second kappa shape index (κ2) is 12.4. The fraction of sp³-hybridized carbons (Fsp3) is 0.385. The Morgan fingerprint density at radius 2 is 2.00 bits per heavy atom. The molecule has 1 heterocycles. The SMILES string of the molecule is N#CN=C(N)N(c1cccc(/C(=C\CCCCC(=O)O)c2cccnc2)c1)C1CCCCC1. The Morgan fingerprint density at radius 1 is 1.21 bits per heavy atom. The number of benzene rings is 1. The lowest BCUT2D eigenvalue weighted by Gasteiger charge is -2.35. The third-order valence-electron chi connectivity index (χ3n) is 5.95. The highest BCUT2D eigenvalue weighted by molar-refractivity contribution is 5.96. The third kappa shape index (κ3) is 6.91. The molecular formula is C26H31N5O2. The van der Waals surface area contributed by atoms with Gasteiger partial charge in [0, 0.05) is 36.1 Å². The summed E-state index contributed by atoms with van der Waals surface area (Å²) in [7, 11) is 0. The number of aliphatic carboxylic acids is 1. The van der Waals surface area contributed by atoms with E-state index in [2.05, 4.69) is 28.2 Å². The molecule has 0 unspecified atom stereocenters. The molecule has 0 saturated heterocycles. The minimum absolute atomic E-state index is 0.180. The molecule has 7 heteroatoms. The molecule has 0 spiro atoms. The van der Waals surface area contributed by atoms with Gasteiger partial charge in [-0.2, -0.15) is 5.26 Å². The van der Waals surface area contributed by atoms with E-state index in [0.717, 1.165) is 60.9 Å². The molecule has 172 valence electrons. The maximum absolute atomic E-state index is 10.8. The van der Waals surface area contributed by atoms with E-state index in [1.54, 1.807) is 6.20 Å². The minimum Gasteiger partial charge on any atom is -0.481 e. The van der Waals surface area contributed by atoms with E-state index in [-0.39, 0.29) is 18.4 Å². The van der Waals surface area contributed by atoms with Crippen molar-refractivity contribution in [2.45, 2.75) is 63.8 Å². The number of nitrogens with two attached hydrogens (primary N) is 1. The van der Waals surface area contributed by atoms with Gasteiger partial charge in [0.05, 0.1) is 0 Å². The third-order valence-corrected chi connectivity index (χ3v) is 5.95. The van der Waals surface area contributed by atoms with Gasteiger partial charge >= 0.3 is 5.97 Å². The predicted molar refractivity (Wildman–Crippen MR) is 130 cm³/mol. The van der Waals surface area contributed by atoms with Crippen molar-refractivity contribution in [3.8, 4) is 6.19 Å². The summed E-state index contributed by atoms with van der Waals surface area (Å²) >= 11 is 0. The molecule has 1 aliphatic carbocycles. The summed E-state index contributed by atoms with van der Waals surface area (Å²) in [5.74, 6) is -0.541. The van der Waals surface area contributed by atoms with Gasteiger partial charge in [0.1, 0.15) is 0 Å². The van der Waals surface area contributed by atoms with Crippen molar-refractivity contribution in [3.63, 3.8) is 0 Å². The van der Waals surface area contributed by atoms with Gasteiger partial charge in [-0.1, -0.05) is 43.5 Å². The van der Waals surface area contributed by atoms with Gasteiger partial charge in [0.15, 0.2) is 0 Å². The molecule has 3 N–H and O–H groups in total. The molecule has 1 aromatic heterocycles. The average molecular weight is 446 g/mol. The number of nitriles is 1. The molecule has 2 aromatic rings. The van der Waals surface area contributed by atoms with E-state index < -0.39 is 5.97 Å². The fourth-order valence-electron chi connectivity index (χ4n) is 4.39. The van der Waals surface area contributed by atoms with Crippen molar-refractivity contribution in [1.29, 1.82) is 5.26 Å². The summed E-state index contributed by atoms with van der Waals surface area (Å²) in [6.07, 6.45) is 15.5. The zero-order valence-electron chi connectivity index (χ0n) is 18.9. The first kappa shape index (κ1) is 24.0. The Hall–Kier alpha value is -3.66. The Balaban J connectivity index is 1.94. The van der Waals surface area contributed by atoms with Crippen LogP contribution >= 0.6 is 0 Å². The van der Waals surface area contributed by atoms with Gasteiger partial charge in [0.2, 0.25) is 12.2 Å². The summed E-state index contributed by atoms with van der Waals surface area (Å²) in [4.78, 5) is 20.9. The zero-order valence-corrected chi connectivity index (χ0v) is 18.9. The molecule has 33 heavy (non-hydrogen) atoms. The fourth-order valence-corrected chi connectivity index (χ4v) is 4.39. The number of unbranched alkanes of at least 4 members (excludes halogenated alkanes) is 2. The van der Waals surface area contributed by atoms with E-state index in [0.29, 0.717) is 6.42 Å². The van der Waals surface area contributed by atoms with E-state index in [4.69, 9.17) is 16.1 Å². The van der Waals surface area contributed by atoms with Crippen LogP contribution in [0.4, 0.5) is 5.69 Å². The van der Waals surface area contributed by atoms with Crippen molar-refractivity contribution in [2.24, 2.45) is 10.7 Å². The van der Waals surface area contributed by atoms with Crippen LogP contribution in [0.1, 0.15) is 68.9 Å². The Labute approximate surface area is 195 Å². The van der Waals surface area contributed by atoms with Crippen LogP contribution in [0.2, 0.25) is 0 Å². The van der Waals surface area contributed by atoms with E-state index in [1.165, 1.54) is 6.42 Å². The molecule has 1 saturated carbocycles. The monoisotopic (exact) mass is 445 g/mol. The lowest BCUT2D eigenvalue weighted by molar-refractivity contribution is -0.137. The number of allylic oxidation sites excluding steroid dienone is 1. The molecule has 7 nitrogen and oxygen atoms in total. The molecule has 1 aromatic carbocycles. The van der Waals surface area contributed by atoms with Crippen molar-refractivity contribution < 1.29 is 9.90 Å². The number of nitrogens with zero attached hydrogens (tertiary/aromatic N) is 4. The van der Waals surface area contributed by atoms with Crippen LogP contribution in [0.25, 0.3) is 5.57 Å². The number of hydrogen-bond acceptors (Lipinski definition) is 4. The molecule has 0 atom stereocenters. The van der Waals surface area contributed by atoms with E-state index in [9.17, 15) is 4.79 Å². The van der Waals surface area contributed by atoms with Crippen LogP contribution in [0, 0.1) is 11.5 Å². The molecule has 3 rings (SSSR count). The number of anilines is 1. The number of carboxylic acids is 1. The molecular weight excluding hydrogens is 414 g/mol. The zero-order chi connectivity index (χ0) is 23.5. The Bertz CT molecular complexity index is 1020. The van der Waals surface area contributed by atoms with Crippen LogP contribution in [0.5, 0.6) is 0 Å². The highest BCUT2D eigenvalue weighted by atomic mass is 16.4. The molecule has 0 amide bonds. The maximum atomic E-state index is 10.8. The maximum Gasteiger partial charge on any atom is 0.303 e. The molecule has 1 aliphatic rings. The second-order valence-electron chi connectivity index (χ2n) is 8.28. The Kier molecular flexibility index (Phi) is 9.01. The summed E-state index contributed by atoms with van der Waals surface area (Å²) in [5.41, 5.74) is 10.2. The van der Waals surface area contributed by atoms with Gasteiger partial charge < -0.3 is 15.7 Å². The number of carboxylic acid groups (broad SMARTS) is 1. The van der Waals surface area contributed by atoms with Crippen molar-refractivity contribution in [2.75, 3.05) is 4.90 Å². The number of aliphatic imine (C=N–C) groups is 1. The number of pyridine rings is 1. The number of rotatable bonds is 9. The predicted octanol–water partition coefficient (Wildman–Crippen LogP) is 5.09. The number of guanidine groups is 1. The van der Waals surface area contributed by atoms with Gasteiger partial charge in [-0.25, -0.2) is 0 Å². The molecule has 0 aliphatic heterocycles. The van der Waals surface area contributed by atoms with E-state index in [1.807, 2.05) is 41.6 Å². The van der Waals surface area contributed by atoms with Gasteiger partial charge in [-0.05, 0) is 61.4 Å². The largest absolute Gasteiger partial charge is 0.481 e. The van der Waals surface area contributed by atoms with Gasteiger partial charge in [-0.15, -0.1) is 4.99 Å². The van der Waals surface area contributed by atoms with Crippen LogP contribution < -0.4 is 10.6 Å². The standard InChI is InChI=1S/C26H31N5O2/c27-19-30-26(28)31(22-11-3-1-4-12-22)23-13-7-9-20(17-23)24(21-10-8-16-29-18-21)14-5-2-6-15-25(32)33/h7-10,13-14,16-18,22H,1-6,11-12,15H2,(H2,28,30)(H,32,33)/b24-14+. The highest BCUT2D eigenvalue weighted by Crippen LogP contribution is 2.31. The number of aromatic nitrogens is 1. The topological polar surface area (TPSA) is 116 Å². The van der Waals surface area contributed by atoms with Crippen molar-refractivity contribution in [3.05, 3.63) is 66.0 Å². The first-order valence-electron chi connectivity index (χ1n) is 11.5. The normalized spacial score (nSPS) is 15.1. The second-order valence-corrected chi connectivity index (χ2v) is 8.28. The molecule has 0 radical (unpaired) electrons. The van der Waals surface area contributed by atoms with Crippen LogP contribution in [-0.2, 0) is 4.79 Å². The van der Waals surface area contributed by atoms with Gasteiger partial charge in [0.25, 0.3) is 0 Å². The minimum atomic E-state index is -0.765. The van der Waals surface area contributed by atoms with Crippen molar-refractivity contribution in [1.82, 2.24) is 4.98 Å². The lowest BCUT2D eigenvalue weighted by atomic mass is 9.93. The summed E-state index contributed by atoms with van der Waals surface area (Å²) < 4.78 is 0. The lowest BCUT2D eigenvalue weighted by Crippen LogP contribution is -2.45.